The smallest absolute Gasteiger partial charge is 0.253 e. The molecule has 1 aromatic heterocycles. The van der Waals surface area contributed by atoms with Crippen LogP contribution in [0.4, 0.5) is 0 Å². The van der Waals surface area contributed by atoms with Gasteiger partial charge in [0.25, 0.3) is 11.8 Å². The number of halogens is 1. The van der Waals surface area contributed by atoms with E-state index in [0.717, 1.165) is 22.0 Å². The summed E-state index contributed by atoms with van der Waals surface area (Å²) >= 11 is 3.75. The first-order chi connectivity index (χ1) is 11.1. The van der Waals surface area contributed by atoms with Gasteiger partial charge in [-0.05, 0) is 71.1 Å². The molecule has 0 bridgehead atoms. The number of likely N-dealkylation sites (tertiary alicyclic amines) is 1. The molecule has 2 amide bonds. The van der Waals surface area contributed by atoms with Crippen LogP contribution in [0.15, 0.2) is 41.1 Å². The van der Waals surface area contributed by atoms with Crippen LogP contribution in [0, 0.1) is 3.57 Å². The highest BCUT2D eigenvalue weighted by Gasteiger charge is 2.24. The van der Waals surface area contributed by atoms with Gasteiger partial charge in [-0.1, -0.05) is 0 Å². The van der Waals surface area contributed by atoms with Crippen LogP contribution >= 0.6 is 33.9 Å². The Bertz CT molecular complexity index is 677. The Labute approximate surface area is 153 Å². The highest BCUT2D eigenvalue weighted by molar-refractivity contribution is 14.1. The number of amides is 2. The van der Waals surface area contributed by atoms with Crippen LogP contribution < -0.4 is 5.32 Å². The van der Waals surface area contributed by atoms with Gasteiger partial charge < -0.3 is 10.2 Å². The molecule has 1 aliphatic rings. The van der Waals surface area contributed by atoms with Crippen molar-refractivity contribution in [2.45, 2.75) is 18.9 Å². The number of thiophene rings is 1. The first-order valence-corrected chi connectivity index (χ1v) is 9.53. The third kappa shape index (κ3) is 4.11. The lowest BCUT2D eigenvalue weighted by Gasteiger charge is -2.32. The molecule has 6 heteroatoms. The van der Waals surface area contributed by atoms with E-state index in [1.54, 1.807) is 0 Å². The topological polar surface area (TPSA) is 49.4 Å². The molecule has 4 nitrogen and oxygen atoms in total. The minimum absolute atomic E-state index is 0.0198. The molecule has 0 saturated carbocycles. The summed E-state index contributed by atoms with van der Waals surface area (Å²) in [4.78, 5) is 26.4. The van der Waals surface area contributed by atoms with Crippen molar-refractivity contribution < 1.29 is 9.59 Å². The summed E-state index contributed by atoms with van der Waals surface area (Å²) in [6.07, 6.45) is 1.60. The number of hydrogen-bond acceptors (Lipinski definition) is 3. The Morgan fingerprint density at radius 3 is 2.39 bits per heavy atom. The molecule has 1 saturated heterocycles. The van der Waals surface area contributed by atoms with Crippen LogP contribution in [0.25, 0.3) is 0 Å². The molecule has 2 heterocycles. The maximum absolute atomic E-state index is 12.5. The van der Waals surface area contributed by atoms with Gasteiger partial charge in [-0.15, -0.1) is 0 Å². The van der Waals surface area contributed by atoms with Gasteiger partial charge >= 0.3 is 0 Å². The van der Waals surface area contributed by atoms with Crippen LogP contribution in [0.2, 0.25) is 0 Å². The summed E-state index contributed by atoms with van der Waals surface area (Å²) in [6, 6.07) is 9.60. The van der Waals surface area contributed by atoms with Crippen LogP contribution in [0.3, 0.4) is 0 Å². The molecule has 120 valence electrons. The number of rotatable bonds is 3. The molecule has 1 N–H and O–H groups in total. The maximum atomic E-state index is 12.5. The number of piperidine rings is 1. The number of carbonyl (C=O) groups is 2. The van der Waals surface area contributed by atoms with Gasteiger partial charge in [-0.3, -0.25) is 9.59 Å². The van der Waals surface area contributed by atoms with Gasteiger partial charge in [-0.25, -0.2) is 0 Å². The van der Waals surface area contributed by atoms with Gasteiger partial charge in [-0.2, -0.15) is 11.3 Å². The fourth-order valence-corrected chi connectivity index (χ4v) is 3.66. The zero-order valence-electron chi connectivity index (χ0n) is 12.5. The minimum atomic E-state index is -0.0198. The van der Waals surface area contributed by atoms with Gasteiger partial charge in [0, 0.05) is 39.2 Å². The molecule has 3 rings (SSSR count). The third-order valence-corrected chi connectivity index (χ3v) is 5.39. The van der Waals surface area contributed by atoms with Gasteiger partial charge in [0.15, 0.2) is 0 Å². The second-order valence-electron chi connectivity index (χ2n) is 5.56. The summed E-state index contributed by atoms with van der Waals surface area (Å²) in [6.45, 7) is 1.36. The van der Waals surface area contributed by atoms with Crippen molar-refractivity contribution in [2.75, 3.05) is 13.1 Å². The largest absolute Gasteiger partial charge is 0.349 e. The van der Waals surface area contributed by atoms with E-state index < -0.39 is 0 Å². The lowest BCUT2D eigenvalue weighted by atomic mass is 10.0. The number of benzene rings is 1. The SMILES string of the molecule is O=C(NC1CCN(C(=O)c2ccc(I)cc2)CC1)c1ccsc1. The molecule has 0 aliphatic carbocycles. The fourth-order valence-electron chi connectivity index (χ4n) is 2.66. The van der Waals surface area contributed by atoms with Crippen LogP contribution in [-0.4, -0.2) is 35.8 Å². The second kappa shape index (κ2) is 7.44. The first kappa shape index (κ1) is 16.4. The van der Waals surface area contributed by atoms with Crippen molar-refractivity contribution in [3.05, 3.63) is 55.8 Å². The average molecular weight is 440 g/mol. The van der Waals surface area contributed by atoms with E-state index in [9.17, 15) is 9.59 Å². The monoisotopic (exact) mass is 440 g/mol. The quantitative estimate of drug-likeness (QED) is 0.745. The Morgan fingerprint density at radius 2 is 1.78 bits per heavy atom. The molecule has 1 aliphatic heterocycles. The average Bonchev–Trinajstić information content (AvgIpc) is 3.10. The predicted molar refractivity (Wildman–Crippen MR) is 99.9 cm³/mol. The van der Waals surface area contributed by atoms with Crippen LogP contribution in [0.1, 0.15) is 33.6 Å². The zero-order chi connectivity index (χ0) is 16.2. The summed E-state index contributed by atoms with van der Waals surface area (Å²) in [7, 11) is 0. The van der Waals surface area contributed by atoms with Crippen LogP contribution in [-0.2, 0) is 0 Å². The Hall–Kier alpha value is -1.41. The Kier molecular flexibility index (Phi) is 5.32. The van der Waals surface area contributed by atoms with E-state index in [-0.39, 0.29) is 17.9 Å². The van der Waals surface area contributed by atoms with Gasteiger partial charge in [0.2, 0.25) is 0 Å². The number of nitrogens with one attached hydrogen (secondary N) is 1. The Morgan fingerprint density at radius 1 is 1.09 bits per heavy atom. The van der Waals surface area contributed by atoms with Crippen molar-refractivity contribution in [1.29, 1.82) is 0 Å². The van der Waals surface area contributed by atoms with E-state index in [4.69, 9.17) is 0 Å². The zero-order valence-corrected chi connectivity index (χ0v) is 15.5. The maximum Gasteiger partial charge on any atom is 0.253 e. The van der Waals surface area contributed by atoms with Crippen molar-refractivity contribution >= 4 is 45.7 Å². The number of nitrogens with zero attached hydrogens (tertiary/aromatic N) is 1. The molecule has 1 fully saturated rings. The molecular weight excluding hydrogens is 423 g/mol. The lowest BCUT2D eigenvalue weighted by molar-refractivity contribution is 0.0698. The second-order valence-corrected chi connectivity index (χ2v) is 7.58. The molecule has 0 spiro atoms. The van der Waals surface area contributed by atoms with Crippen molar-refractivity contribution in [2.24, 2.45) is 0 Å². The summed E-state index contributed by atoms with van der Waals surface area (Å²) in [5, 5.41) is 6.81. The summed E-state index contributed by atoms with van der Waals surface area (Å²) in [5.74, 6) is 0.0534. The van der Waals surface area contributed by atoms with Crippen molar-refractivity contribution in [3.8, 4) is 0 Å². The highest BCUT2D eigenvalue weighted by atomic mass is 127. The van der Waals surface area contributed by atoms with Gasteiger partial charge in [0.05, 0.1) is 0 Å². The van der Waals surface area contributed by atoms with E-state index in [1.165, 1.54) is 11.3 Å². The molecule has 1 aromatic carbocycles. The van der Waals surface area contributed by atoms with E-state index in [2.05, 4.69) is 27.9 Å². The molecule has 23 heavy (non-hydrogen) atoms. The van der Waals surface area contributed by atoms with Crippen LogP contribution in [0.5, 0.6) is 0 Å². The summed E-state index contributed by atoms with van der Waals surface area (Å²) < 4.78 is 1.12. The van der Waals surface area contributed by atoms with E-state index >= 15 is 0 Å². The lowest BCUT2D eigenvalue weighted by Crippen LogP contribution is -2.46. The predicted octanol–water partition coefficient (Wildman–Crippen LogP) is 3.39. The minimum Gasteiger partial charge on any atom is -0.349 e. The Balaban J connectivity index is 1.53. The highest BCUT2D eigenvalue weighted by Crippen LogP contribution is 2.16. The van der Waals surface area contributed by atoms with Crippen molar-refractivity contribution in [1.82, 2.24) is 10.2 Å². The molecule has 2 aromatic rings. The summed E-state index contributed by atoms with van der Waals surface area (Å²) in [5.41, 5.74) is 1.44. The third-order valence-electron chi connectivity index (χ3n) is 3.99. The molecule has 0 radical (unpaired) electrons. The molecule has 0 unspecified atom stereocenters. The molecule has 0 atom stereocenters. The van der Waals surface area contributed by atoms with E-state index in [1.807, 2.05) is 46.0 Å². The van der Waals surface area contributed by atoms with Crippen molar-refractivity contribution in [3.63, 3.8) is 0 Å². The number of hydrogen-bond donors (Lipinski definition) is 1. The van der Waals surface area contributed by atoms with Gasteiger partial charge in [0.1, 0.15) is 0 Å². The first-order valence-electron chi connectivity index (χ1n) is 7.51. The van der Waals surface area contributed by atoms with E-state index in [0.29, 0.717) is 18.7 Å². The number of carbonyl (C=O) groups excluding carboxylic acids is 2. The molecular formula is C17H17IN2O2S. The standard InChI is InChI=1S/C17H17IN2O2S/c18-14-3-1-12(2-4-14)17(22)20-8-5-15(6-9-20)19-16(21)13-7-10-23-11-13/h1-4,7,10-11,15H,5-6,8-9H2,(H,19,21). The normalized spacial score (nSPS) is 15.4. The fraction of sp³-hybridized carbons (Fsp3) is 0.294.